The number of benzene rings is 1. The van der Waals surface area contributed by atoms with Gasteiger partial charge in [-0.15, -0.1) is 0 Å². The van der Waals surface area contributed by atoms with E-state index < -0.39 is 0 Å². The molecule has 2 aliphatic heterocycles. The van der Waals surface area contributed by atoms with Crippen LogP contribution in [0.1, 0.15) is 24.1 Å². The highest BCUT2D eigenvalue weighted by Crippen LogP contribution is 2.31. The Morgan fingerprint density at radius 3 is 3.06 bits per heavy atom. The minimum absolute atomic E-state index is 0.169. The Labute approximate surface area is 107 Å². The number of nitrogens with zero attached hydrogens (tertiary/aromatic N) is 1. The van der Waals surface area contributed by atoms with Crippen molar-refractivity contribution in [3.05, 3.63) is 29.3 Å². The Balaban J connectivity index is 1.91. The van der Waals surface area contributed by atoms with Crippen LogP contribution >= 0.6 is 0 Å². The predicted molar refractivity (Wildman–Crippen MR) is 69.7 cm³/mol. The van der Waals surface area contributed by atoms with Gasteiger partial charge in [-0.3, -0.25) is 4.79 Å². The summed E-state index contributed by atoms with van der Waals surface area (Å²) in [6.45, 7) is 3.73. The van der Waals surface area contributed by atoms with Crippen LogP contribution in [0.5, 0.6) is 0 Å². The Bertz CT molecular complexity index is 487. The maximum atomic E-state index is 11.7. The van der Waals surface area contributed by atoms with E-state index in [1.165, 1.54) is 5.56 Å². The third kappa shape index (κ3) is 1.82. The van der Waals surface area contributed by atoms with Gasteiger partial charge in [-0.25, -0.2) is 0 Å². The van der Waals surface area contributed by atoms with Gasteiger partial charge >= 0.3 is 0 Å². The molecule has 1 fully saturated rings. The molecule has 4 nitrogen and oxygen atoms in total. The summed E-state index contributed by atoms with van der Waals surface area (Å²) in [7, 11) is 1.83. The van der Waals surface area contributed by atoms with E-state index in [1.807, 2.05) is 13.1 Å². The second kappa shape index (κ2) is 4.37. The lowest BCUT2D eigenvalue weighted by atomic mass is 9.98. The minimum atomic E-state index is 0.169. The van der Waals surface area contributed by atoms with Gasteiger partial charge in [0, 0.05) is 19.3 Å². The van der Waals surface area contributed by atoms with E-state index in [4.69, 9.17) is 4.74 Å². The summed E-state index contributed by atoms with van der Waals surface area (Å²) in [5.74, 6) is 0.169. The van der Waals surface area contributed by atoms with Crippen molar-refractivity contribution in [3.63, 3.8) is 0 Å². The van der Waals surface area contributed by atoms with Crippen molar-refractivity contribution in [2.24, 2.45) is 0 Å². The number of anilines is 1. The van der Waals surface area contributed by atoms with E-state index in [0.717, 1.165) is 24.4 Å². The maximum absolute atomic E-state index is 11.7. The van der Waals surface area contributed by atoms with E-state index in [2.05, 4.69) is 24.4 Å². The van der Waals surface area contributed by atoms with Crippen molar-refractivity contribution in [1.82, 2.24) is 5.32 Å². The number of carbonyl (C=O) groups is 1. The van der Waals surface area contributed by atoms with Gasteiger partial charge in [0.2, 0.25) is 5.91 Å². The largest absolute Gasteiger partial charge is 0.375 e. The molecule has 0 radical (unpaired) electrons. The molecule has 96 valence electrons. The lowest BCUT2D eigenvalue weighted by Crippen LogP contribution is -2.40. The van der Waals surface area contributed by atoms with Crippen molar-refractivity contribution in [3.8, 4) is 0 Å². The topological polar surface area (TPSA) is 41.6 Å². The van der Waals surface area contributed by atoms with Gasteiger partial charge in [-0.2, -0.15) is 0 Å². The standard InChI is InChI=1S/C14H18N2O2/c1-9-14(15-5-6-18-9)10-3-4-12-11(7-10)8-13(17)16(12)2/h3-4,7,9,14-15H,5-6,8H2,1-2H3. The highest BCUT2D eigenvalue weighted by molar-refractivity contribution is 6.00. The van der Waals surface area contributed by atoms with Gasteiger partial charge in [0.05, 0.1) is 25.2 Å². The van der Waals surface area contributed by atoms with E-state index >= 15 is 0 Å². The monoisotopic (exact) mass is 246 g/mol. The molecule has 0 bridgehead atoms. The molecule has 3 rings (SSSR count). The number of hydrogen-bond acceptors (Lipinski definition) is 3. The highest BCUT2D eigenvalue weighted by Gasteiger charge is 2.27. The molecule has 0 aliphatic carbocycles. The Kier molecular flexibility index (Phi) is 2.84. The van der Waals surface area contributed by atoms with Crippen LogP contribution in [-0.4, -0.2) is 32.2 Å². The first-order valence-electron chi connectivity index (χ1n) is 6.41. The number of morpholine rings is 1. The fraction of sp³-hybridized carbons (Fsp3) is 0.500. The lowest BCUT2D eigenvalue weighted by Gasteiger charge is -2.31. The zero-order valence-electron chi connectivity index (χ0n) is 10.8. The first-order chi connectivity index (χ1) is 8.66. The molecule has 2 atom stereocenters. The smallest absolute Gasteiger partial charge is 0.231 e. The maximum Gasteiger partial charge on any atom is 0.231 e. The van der Waals surface area contributed by atoms with Crippen LogP contribution < -0.4 is 10.2 Å². The van der Waals surface area contributed by atoms with Crippen LogP contribution in [0.25, 0.3) is 0 Å². The molecule has 2 heterocycles. The van der Waals surface area contributed by atoms with E-state index in [1.54, 1.807) is 4.90 Å². The third-order valence-corrected chi connectivity index (χ3v) is 3.86. The first-order valence-corrected chi connectivity index (χ1v) is 6.41. The van der Waals surface area contributed by atoms with Crippen molar-refractivity contribution >= 4 is 11.6 Å². The Hall–Kier alpha value is -1.39. The summed E-state index contributed by atoms with van der Waals surface area (Å²) in [6.07, 6.45) is 0.688. The van der Waals surface area contributed by atoms with Crippen LogP contribution in [0.4, 0.5) is 5.69 Å². The normalized spacial score (nSPS) is 27.4. The molecule has 1 aromatic carbocycles. The zero-order chi connectivity index (χ0) is 12.7. The van der Waals surface area contributed by atoms with Crippen LogP contribution in [0.15, 0.2) is 18.2 Å². The van der Waals surface area contributed by atoms with E-state index in [-0.39, 0.29) is 18.1 Å². The van der Waals surface area contributed by atoms with Gasteiger partial charge in [0.25, 0.3) is 0 Å². The van der Waals surface area contributed by atoms with Crippen LogP contribution in [-0.2, 0) is 16.0 Å². The average Bonchev–Trinajstić information content (AvgIpc) is 2.65. The number of amides is 1. The summed E-state index contributed by atoms with van der Waals surface area (Å²) < 4.78 is 5.67. The summed E-state index contributed by atoms with van der Waals surface area (Å²) in [4.78, 5) is 13.4. The molecule has 0 spiro atoms. The quantitative estimate of drug-likeness (QED) is 0.811. The van der Waals surface area contributed by atoms with E-state index in [9.17, 15) is 4.79 Å². The predicted octanol–water partition coefficient (Wildman–Crippen LogP) is 1.25. The first kappa shape index (κ1) is 11.7. The zero-order valence-corrected chi connectivity index (χ0v) is 10.8. The number of rotatable bonds is 1. The molecule has 2 unspecified atom stereocenters. The van der Waals surface area contributed by atoms with Gasteiger partial charge in [0.1, 0.15) is 0 Å². The molecule has 1 saturated heterocycles. The van der Waals surface area contributed by atoms with Crippen molar-refractivity contribution in [2.75, 3.05) is 25.1 Å². The summed E-state index contributed by atoms with van der Waals surface area (Å²) in [6, 6.07) is 6.50. The molecular formula is C14H18N2O2. The molecule has 1 amide bonds. The van der Waals surface area contributed by atoms with Crippen LogP contribution in [0, 0.1) is 0 Å². The van der Waals surface area contributed by atoms with Crippen molar-refractivity contribution < 1.29 is 9.53 Å². The van der Waals surface area contributed by atoms with Gasteiger partial charge in [0.15, 0.2) is 0 Å². The van der Waals surface area contributed by atoms with Crippen molar-refractivity contribution in [1.29, 1.82) is 0 Å². The molecule has 4 heteroatoms. The fourth-order valence-corrected chi connectivity index (χ4v) is 2.79. The highest BCUT2D eigenvalue weighted by atomic mass is 16.5. The fourth-order valence-electron chi connectivity index (χ4n) is 2.79. The molecule has 1 N–H and O–H groups in total. The summed E-state index contributed by atoms with van der Waals surface area (Å²) in [5.41, 5.74) is 3.37. The number of hydrogen-bond donors (Lipinski definition) is 1. The summed E-state index contributed by atoms with van der Waals surface area (Å²) in [5, 5.41) is 3.48. The molecule has 0 saturated carbocycles. The van der Waals surface area contributed by atoms with Crippen molar-refractivity contribution in [2.45, 2.75) is 25.5 Å². The molecule has 18 heavy (non-hydrogen) atoms. The lowest BCUT2D eigenvalue weighted by molar-refractivity contribution is -0.117. The molecule has 0 aromatic heterocycles. The minimum Gasteiger partial charge on any atom is -0.375 e. The second-order valence-electron chi connectivity index (χ2n) is 5.03. The number of carbonyl (C=O) groups excluding carboxylic acids is 1. The number of fused-ring (bicyclic) bond motifs is 1. The Morgan fingerprint density at radius 2 is 2.28 bits per heavy atom. The van der Waals surface area contributed by atoms with Gasteiger partial charge in [-0.1, -0.05) is 12.1 Å². The molecule has 2 aliphatic rings. The van der Waals surface area contributed by atoms with E-state index in [0.29, 0.717) is 6.42 Å². The number of ether oxygens (including phenoxy) is 1. The van der Waals surface area contributed by atoms with Crippen LogP contribution in [0.2, 0.25) is 0 Å². The SMILES string of the molecule is CC1OCCNC1c1ccc2c(c1)CC(=O)N2C. The molecular weight excluding hydrogens is 228 g/mol. The second-order valence-corrected chi connectivity index (χ2v) is 5.03. The Morgan fingerprint density at radius 1 is 1.44 bits per heavy atom. The van der Waals surface area contributed by atoms with Gasteiger partial charge < -0.3 is 15.0 Å². The van der Waals surface area contributed by atoms with Crippen LogP contribution in [0.3, 0.4) is 0 Å². The average molecular weight is 246 g/mol. The molecule has 1 aromatic rings. The third-order valence-electron chi connectivity index (χ3n) is 3.86. The summed E-state index contributed by atoms with van der Waals surface area (Å²) >= 11 is 0. The van der Waals surface area contributed by atoms with Gasteiger partial charge in [-0.05, 0) is 24.1 Å². The number of likely N-dealkylation sites (N-methyl/N-ethyl adjacent to an activating group) is 1. The number of nitrogens with one attached hydrogen (secondary N) is 1.